The van der Waals surface area contributed by atoms with Crippen molar-refractivity contribution in [2.75, 3.05) is 6.54 Å². The van der Waals surface area contributed by atoms with Crippen LogP contribution in [0.1, 0.15) is 44.1 Å². The Bertz CT molecular complexity index is 562. The topological polar surface area (TPSA) is 25.2 Å². The van der Waals surface area contributed by atoms with E-state index in [0.717, 1.165) is 41.5 Å². The summed E-state index contributed by atoms with van der Waals surface area (Å²) in [6, 6.07) is 10.3. The van der Waals surface area contributed by atoms with E-state index in [1.165, 1.54) is 5.56 Å². The van der Waals surface area contributed by atoms with Gasteiger partial charge < -0.3 is 9.73 Å². The largest absolute Gasteiger partial charge is 0.459 e. The molecule has 1 aromatic heterocycles. The third kappa shape index (κ3) is 3.44. The van der Waals surface area contributed by atoms with Gasteiger partial charge in [0, 0.05) is 10.6 Å². The summed E-state index contributed by atoms with van der Waals surface area (Å²) in [7, 11) is 0. The van der Waals surface area contributed by atoms with Crippen molar-refractivity contribution in [1.82, 2.24) is 5.32 Å². The van der Waals surface area contributed by atoms with Crippen LogP contribution in [0.4, 0.5) is 0 Å². The zero-order valence-corrected chi connectivity index (χ0v) is 13.1. The molecule has 2 nitrogen and oxygen atoms in total. The maximum absolute atomic E-state index is 6.08. The lowest BCUT2D eigenvalue weighted by Crippen LogP contribution is -2.20. The Morgan fingerprint density at radius 2 is 2.00 bits per heavy atom. The Kier molecular flexibility index (Phi) is 5.27. The van der Waals surface area contributed by atoms with Crippen LogP contribution in [0, 0.1) is 6.92 Å². The summed E-state index contributed by atoms with van der Waals surface area (Å²) in [5.74, 6) is 1.88. The van der Waals surface area contributed by atoms with E-state index in [9.17, 15) is 0 Å². The maximum atomic E-state index is 6.08. The Labute approximate surface area is 126 Å². The molecule has 0 radical (unpaired) electrons. The van der Waals surface area contributed by atoms with Gasteiger partial charge in [0.15, 0.2) is 0 Å². The van der Waals surface area contributed by atoms with Gasteiger partial charge in [-0.25, -0.2) is 0 Å². The Morgan fingerprint density at radius 1 is 1.20 bits per heavy atom. The third-order valence-electron chi connectivity index (χ3n) is 3.48. The number of rotatable bonds is 6. The van der Waals surface area contributed by atoms with Crippen molar-refractivity contribution in [2.45, 2.75) is 39.7 Å². The second-order valence-corrected chi connectivity index (χ2v) is 5.51. The highest BCUT2D eigenvalue weighted by Crippen LogP contribution is 2.30. The van der Waals surface area contributed by atoms with Gasteiger partial charge in [-0.2, -0.15) is 0 Å². The molecule has 0 saturated carbocycles. The van der Waals surface area contributed by atoms with Gasteiger partial charge in [0.25, 0.3) is 0 Å². The second-order valence-electron chi connectivity index (χ2n) is 5.08. The van der Waals surface area contributed by atoms with Crippen molar-refractivity contribution in [1.29, 1.82) is 0 Å². The molecular weight excluding hydrogens is 270 g/mol. The molecule has 3 heteroatoms. The van der Waals surface area contributed by atoms with E-state index in [1.807, 2.05) is 24.3 Å². The first-order chi connectivity index (χ1) is 9.65. The van der Waals surface area contributed by atoms with E-state index >= 15 is 0 Å². The average Bonchev–Trinajstić information content (AvgIpc) is 2.92. The molecule has 0 aliphatic heterocycles. The molecule has 2 rings (SSSR count). The average molecular weight is 292 g/mol. The number of hydrogen-bond acceptors (Lipinski definition) is 2. The fourth-order valence-electron chi connectivity index (χ4n) is 2.31. The van der Waals surface area contributed by atoms with E-state index in [-0.39, 0.29) is 6.04 Å². The van der Waals surface area contributed by atoms with E-state index < -0.39 is 0 Å². The minimum atomic E-state index is 0.281. The van der Waals surface area contributed by atoms with Crippen molar-refractivity contribution in [3.63, 3.8) is 0 Å². The lowest BCUT2D eigenvalue weighted by Gasteiger charge is -2.13. The number of halogens is 1. The third-order valence-corrected chi connectivity index (χ3v) is 3.72. The normalized spacial score (nSPS) is 12.6. The molecule has 0 spiro atoms. The van der Waals surface area contributed by atoms with E-state index in [4.69, 9.17) is 16.0 Å². The van der Waals surface area contributed by atoms with Crippen LogP contribution >= 0.6 is 11.6 Å². The first-order valence-electron chi connectivity index (χ1n) is 7.25. The Hall–Kier alpha value is -1.25. The van der Waals surface area contributed by atoms with Crippen molar-refractivity contribution < 1.29 is 4.42 Å². The molecule has 0 aliphatic carbocycles. The smallest absolute Gasteiger partial charge is 0.134 e. The van der Waals surface area contributed by atoms with Crippen molar-refractivity contribution >= 4 is 11.6 Å². The molecule has 1 aromatic carbocycles. The Balaban J connectivity index is 2.25. The summed E-state index contributed by atoms with van der Waals surface area (Å²) in [5, 5.41) is 4.24. The second kappa shape index (κ2) is 6.96. The van der Waals surface area contributed by atoms with E-state index in [0.29, 0.717) is 0 Å². The first kappa shape index (κ1) is 15.1. The number of furan rings is 1. The SMILES string of the molecule is CCCNC(CC)c1ccc(-c2cc(Cl)ccc2C)o1. The lowest BCUT2D eigenvalue weighted by molar-refractivity contribution is 0.411. The molecule has 0 aliphatic rings. The molecule has 0 bridgehead atoms. The molecule has 0 fully saturated rings. The van der Waals surface area contributed by atoms with E-state index in [2.05, 4.69) is 32.2 Å². The zero-order chi connectivity index (χ0) is 14.5. The predicted octanol–water partition coefficient (Wildman–Crippen LogP) is 5.36. The van der Waals surface area contributed by atoms with Crippen LogP contribution in [-0.2, 0) is 0 Å². The summed E-state index contributed by atoms with van der Waals surface area (Å²) in [5.41, 5.74) is 2.24. The summed E-state index contributed by atoms with van der Waals surface area (Å²) < 4.78 is 6.03. The summed E-state index contributed by atoms with van der Waals surface area (Å²) in [6.07, 6.45) is 2.14. The zero-order valence-electron chi connectivity index (χ0n) is 12.4. The molecule has 1 atom stereocenters. The van der Waals surface area contributed by atoms with Gasteiger partial charge in [-0.1, -0.05) is 31.5 Å². The molecule has 0 saturated heterocycles. The minimum absolute atomic E-state index is 0.281. The highest BCUT2D eigenvalue weighted by Gasteiger charge is 2.14. The van der Waals surface area contributed by atoms with Gasteiger partial charge in [0.2, 0.25) is 0 Å². The molecule has 1 unspecified atom stereocenters. The van der Waals surface area contributed by atoms with Crippen LogP contribution in [-0.4, -0.2) is 6.54 Å². The molecular formula is C17H22ClNO. The minimum Gasteiger partial charge on any atom is -0.459 e. The highest BCUT2D eigenvalue weighted by atomic mass is 35.5. The number of hydrogen-bond donors (Lipinski definition) is 1. The number of nitrogens with one attached hydrogen (secondary N) is 1. The van der Waals surface area contributed by atoms with Crippen molar-refractivity contribution in [3.8, 4) is 11.3 Å². The fourth-order valence-corrected chi connectivity index (χ4v) is 2.48. The van der Waals surface area contributed by atoms with Gasteiger partial charge in [-0.3, -0.25) is 0 Å². The van der Waals surface area contributed by atoms with Gasteiger partial charge in [-0.05, 0) is 56.1 Å². The van der Waals surface area contributed by atoms with Crippen LogP contribution in [0.3, 0.4) is 0 Å². The van der Waals surface area contributed by atoms with Crippen molar-refractivity contribution in [3.05, 3.63) is 46.7 Å². The van der Waals surface area contributed by atoms with Gasteiger partial charge >= 0.3 is 0 Å². The highest BCUT2D eigenvalue weighted by molar-refractivity contribution is 6.30. The fraction of sp³-hybridized carbons (Fsp3) is 0.412. The predicted molar refractivity (Wildman–Crippen MR) is 85.2 cm³/mol. The van der Waals surface area contributed by atoms with E-state index in [1.54, 1.807) is 0 Å². The van der Waals surface area contributed by atoms with Gasteiger partial charge in [-0.15, -0.1) is 0 Å². The summed E-state index contributed by atoms with van der Waals surface area (Å²) in [6.45, 7) is 7.41. The first-order valence-corrected chi connectivity index (χ1v) is 7.63. The van der Waals surface area contributed by atoms with Gasteiger partial charge in [0.05, 0.1) is 6.04 Å². The lowest BCUT2D eigenvalue weighted by atomic mass is 10.1. The van der Waals surface area contributed by atoms with Crippen molar-refractivity contribution in [2.24, 2.45) is 0 Å². The van der Waals surface area contributed by atoms with Gasteiger partial charge in [0.1, 0.15) is 11.5 Å². The van der Waals surface area contributed by atoms with Crippen LogP contribution in [0.15, 0.2) is 34.7 Å². The molecule has 1 N–H and O–H groups in total. The van der Waals surface area contributed by atoms with Crippen LogP contribution < -0.4 is 5.32 Å². The van der Waals surface area contributed by atoms with Crippen LogP contribution in [0.25, 0.3) is 11.3 Å². The monoisotopic (exact) mass is 291 g/mol. The summed E-state index contributed by atoms with van der Waals surface area (Å²) >= 11 is 6.08. The quantitative estimate of drug-likeness (QED) is 0.775. The van der Waals surface area contributed by atoms with Crippen LogP contribution in [0.5, 0.6) is 0 Å². The molecule has 20 heavy (non-hydrogen) atoms. The molecule has 0 amide bonds. The molecule has 2 aromatic rings. The molecule has 108 valence electrons. The maximum Gasteiger partial charge on any atom is 0.134 e. The molecule has 1 heterocycles. The van der Waals surface area contributed by atoms with Crippen LogP contribution in [0.2, 0.25) is 5.02 Å². The summed E-state index contributed by atoms with van der Waals surface area (Å²) in [4.78, 5) is 0. The standard InChI is InChI=1S/C17H22ClNO/c1-4-10-19-15(5-2)17-9-8-16(20-17)14-11-13(18)7-6-12(14)3/h6-9,11,15,19H,4-5,10H2,1-3H3. The number of aryl methyl sites for hydroxylation is 1. The Morgan fingerprint density at radius 3 is 2.70 bits per heavy atom. The number of benzene rings is 1.